The summed E-state index contributed by atoms with van der Waals surface area (Å²) in [6.07, 6.45) is 0. The van der Waals surface area contributed by atoms with E-state index in [4.69, 9.17) is 0 Å². The third-order valence-electron chi connectivity index (χ3n) is 2.33. The highest BCUT2D eigenvalue weighted by Gasteiger charge is 2.14. The molecule has 0 aromatic heterocycles. The number of phenols is 1. The third kappa shape index (κ3) is 2.23. The maximum absolute atomic E-state index is 13.0. The van der Waals surface area contributed by atoms with Crippen LogP contribution in [0.2, 0.25) is 0 Å². The van der Waals surface area contributed by atoms with Crippen molar-refractivity contribution in [2.24, 2.45) is 0 Å². The van der Waals surface area contributed by atoms with Crippen LogP contribution < -0.4 is 0 Å². The van der Waals surface area contributed by atoms with Gasteiger partial charge in [-0.05, 0) is 29.3 Å². The maximum atomic E-state index is 13.0. The Morgan fingerprint density at radius 2 is 1.82 bits per heavy atom. The molecule has 17 heavy (non-hydrogen) atoms. The molecule has 0 amide bonds. The van der Waals surface area contributed by atoms with Gasteiger partial charge in [0.15, 0.2) is 5.75 Å². The molecule has 2 aromatic rings. The number of rotatable bonds is 2. The molecule has 0 aliphatic carbocycles. The first-order chi connectivity index (χ1) is 8.08. The largest absolute Gasteiger partial charge is 0.502 e. The number of phenolic OH excluding ortho intramolecular Hbond substituents is 1. The number of nitro groups is 1. The highest BCUT2D eigenvalue weighted by molar-refractivity contribution is 5.68. The van der Waals surface area contributed by atoms with Gasteiger partial charge >= 0.3 is 5.69 Å². The molecule has 0 radical (unpaired) electrons. The van der Waals surface area contributed by atoms with Gasteiger partial charge in [0.05, 0.1) is 4.92 Å². The van der Waals surface area contributed by atoms with E-state index in [1.54, 1.807) is 6.07 Å². The lowest BCUT2D eigenvalue weighted by Crippen LogP contribution is -1.89. The Labute approximate surface area is 96.1 Å². The molecule has 1 N–H and O–H groups in total. The second kappa shape index (κ2) is 4.21. The monoisotopic (exact) mass is 233 g/mol. The minimum Gasteiger partial charge on any atom is -0.502 e. The molecule has 5 heteroatoms. The van der Waals surface area contributed by atoms with Crippen LogP contribution in [0.15, 0.2) is 42.5 Å². The van der Waals surface area contributed by atoms with Crippen LogP contribution >= 0.6 is 0 Å². The highest BCUT2D eigenvalue weighted by atomic mass is 19.1. The minimum atomic E-state index is -0.682. The number of halogens is 1. The van der Waals surface area contributed by atoms with E-state index in [1.165, 1.54) is 36.4 Å². The molecule has 0 unspecified atom stereocenters. The van der Waals surface area contributed by atoms with Crippen LogP contribution in [0.1, 0.15) is 0 Å². The molecule has 0 heterocycles. The van der Waals surface area contributed by atoms with E-state index in [1.807, 2.05) is 0 Å². The zero-order chi connectivity index (χ0) is 12.4. The SMILES string of the molecule is O=[N+]([O-])c1cc(-c2cccc(F)c2)ccc1O. The van der Waals surface area contributed by atoms with Crippen molar-refractivity contribution in [1.82, 2.24) is 0 Å². The normalized spacial score (nSPS) is 10.2. The number of benzene rings is 2. The van der Waals surface area contributed by atoms with E-state index in [0.717, 1.165) is 0 Å². The molecular formula is C12H8FNO3. The van der Waals surface area contributed by atoms with Crippen molar-refractivity contribution in [2.75, 3.05) is 0 Å². The lowest BCUT2D eigenvalue weighted by Gasteiger charge is -2.02. The molecule has 0 saturated heterocycles. The van der Waals surface area contributed by atoms with E-state index in [2.05, 4.69) is 0 Å². The standard InChI is InChI=1S/C12H8FNO3/c13-10-3-1-2-8(6-10)9-4-5-12(15)11(7-9)14(16)17/h1-7,15H. The molecule has 0 aliphatic heterocycles. The fourth-order valence-corrected chi connectivity index (χ4v) is 1.52. The van der Waals surface area contributed by atoms with Crippen molar-refractivity contribution in [3.63, 3.8) is 0 Å². The van der Waals surface area contributed by atoms with Crippen LogP contribution in [0, 0.1) is 15.9 Å². The summed E-state index contributed by atoms with van der Waals surface area (Å²) in [4.78, 5) is 9.96. The molecule has 0 fully saturated rings. The smallest absolute Gasteiger partial charge is 0.311 e. The van der Waals surface area contributed by atoms with Crippen molar-refractivity contribution < 1.29 is 14.4 Å². The van der Waals surface area contributed by atoms with Gasteiger partial charge in [-0.1, -0.05) is 18.2 Å². The Balaban J connectivity index is 2.54. The zero-order valence-corrected chi connectivity index (χ0v) is 8.63. The first-order valence-electron chi connectivity index (χ1n) is 4.81. The summed E-state index contributed by atoms with van der Waals surface area (Å²) in [5, 5.41) is 19.9. The average Bonchev–Trinajstić information content (AvgIpc) is 2.29. The molecule has 0 saturated carbocycles. The molecule has 2 rings (SSSR count). The lowest BCUT2D eigenvalue weighted by atomic mass is 10.0. The fraction of sp³-hybridized carbons (Fsp3) is 0. The number of aromatic hydroxyl groups is 1. The quantitative estimate of drug-likeness (QED) is 0.640. The van der Waals surface area contributed by atoms with Gasteiger partial charge in [0.2, 0.25) is 0 Å². The first-order valence-corrected chi connectivity index (χ1v) is 4.81. The molecule has 2 aromatic carbocycles. The third-order valence-corrected chi connectivity index (χ3v) is 2.33. The Hall–Kier alpha value is -2.43. The van der Waals surface area contributed by atoms with Crippen molar-refractivity contribution >= 4 is 5.69 Å². The van der Waals surface area contributed by atoms with Gasteiger partial charge in [-0.3, -0.25) is 10.1 Å². The predicted molar refractivity (Wildman–Crippen MR) is 60.2 cm³/mol. The van der Waals surface area contributed by atoms with Crippen molar-refractivity contribution in [3.05, 3.63) is 58.4 Å². The zero-order valence-electron chi connectivity index (χ0n) is 8.63. The Kier molecular flexibility index (Phi) is 2.74. The predicted octanol–water partition coefficient (Wildman–Crippen LogP) is 3.11. The molecule has 0 spiro atoms. The first kappa shape index (κ1) is 11.1. The number of hydrogen-bond acceptors (Lipinski definition) is 3. The van der Waals surface area contributed by atoms with Gasteiger partial charge in [0.25, 0.3) is 0 Å². The van der Waals surface area contributed by atoms with Crippen LogP contribution in [0.5, 0.6) is 5.75 Å². The summed E-state index contributed by atoms with van der Waals surface area (Å²) < 4.78 is 13.0. The Morgan fingerprint density at radius 3 is 2.47 bits per heavy atom. The summed E-state index contributed by atoms with van der Waals surface area (Å²) >= 11 is 0. The lowest BCUT2D eigenvalue weighted by molar-refractivity contribution is -0.385. The van der Waals surface area contributed by atoms with Crippen molar-refractivity contribution in [2.45, 2.75) is 0 Å². The van der Waals surface area contributed by atoms with E-state index in [-0.39, 0.29) is 0 Å². The van der Waals surface area contributed by atoms with E-state index in [0.29, 0.717) is 11.1 Å². The number of hydrogen-bond donors (Lipinski definition) is 1. The van der Waals surface area contributed by atoms with E-state index >= 15 is 0 Å². The van der Waals surface area contributed by atoms with E-state index in [9.17, 15) is 19.6 Å². The minimum absolute atomic E-state index is 0.397. The topological polar surface area (TPSA) is 63.4 Å². The molecule has 0 aliphatic rings. The number of nitrogens with zero attached hydrogens (tertiary/aromatic N) is 1. The van der Waals surface area contributed by atoms with Crippen LogP contribution in [-0.4, -0.2) is 10.0 Å². The number of nitro benzene ring substituents is 1. The van der Waals surface area contributed by atoms with Crippen LogP contribution in [0.25, 0.3) is 11.1 Å². The Bertz CT molecular complexity index is 584. The Morgan fingerprint density at radius 1 is 1.12 bits per heavy atom. The molecular weight excluding hydrogens is 225 g/mol. The van der Waals surface area contributed by atoms with Gasteiger partial charge in [-0.25, -0.2) is 4.39 Å². The van der Waals surface area contributed by atoms with E-state index < -0.39 is 22.2 Å². The fourth-order valence-electron chi connectivity index (χ4n) is 1.52. The van der Waals surface area contributed by atoms with Crippen molar-refractivity contribution in [3.8, 4) is 16.9 Å². The maximum Gasteiger partial charge on any atom is 0.311 e. The van der Waals surface area contributed by atoms with Crippen molar-refractivity contribution in [1.29, 1.82) is 0 Å². The molecule has 4 nitrogen and oxygen atoms in total. The van der Waals surface area contributed by atoms with Gasteiger partial charge < -0.3 is 5.11 Å². The molecule has 86 valence electrons. The van der Waals surface area contributed by atoms with Crippen LogP contribution in [0.4, 0.5) is 10.1 Å². The summed E-state index contributed by atoms with van der Waals surface area (Å²) in [6, 6.07) is 9.65. The van der Waals surface area contributed by atoms with Crippen LogP contribution in [0.3, 0.4) is 0 Å². The highest BCUT2D eigenvalue weighted by Crippen LogP contribution is 2.31. The second-order valence-corrected chi connectivity index (χ2v) is 3.47. The summed E-state index contributed by atoms with van der Waals surface area (Å²) in [7, 11) is 0. The van der Waals surface area contributed by atoms with Gasteiger partial charge in [-0.2, -0.15) is 0 Å². The molecule has 0 atom stereocenters. The summed E-state index contributed by atoms with van der Waals surface area (Å²) in [6.45, 7) is 0. The second-order valence-electron chi connectivity index (χ2n) is 3.47. The van der Waals surface area contributed by atoms with Gasteiger partial charge in [0.1, 0.15) is 5.82 Å². The van der Waals surface area contributed by atoms with Crippen LogP contribution in [-0.2, 0) is 0 Å². The van der Waals surface area contributed by atoms with Gasteiger partial charge in [-0.15, -0.1) is 0 Å². The summed E-state index contributed by atoms with van der Waals surface area (Å²) in [5.41, 5.74) is 0.605. The van der Waals surface area contributed by atoms with Gasteiger partial charge in [0, 0.05) is 6.07 Å². The molecule has 0 bridgehead atoms. The average molecular weight is 233 g/mol. The summed E-state index contributed by atoms with van der Waals surface area (Å²) in [5.74, 6) is -0.826.